The molecule has 2 nitrogen and oxygen atoms in total. The number of hydrogen-bond acceptors (Lipinski definition) is 3. The number of para-hydroxylation sites is 2. The molecule has 1 atom stereocenters. The van der Waals surface area contributed by atoms with Crippen molar-refractivity contribution in [1.29, 1.82) is 0 Å². The summed E-state index contributed by atoms with van der Waals surface area (Å²) in [6.45, 7) is 9.23. The van der Waals surface area contributed by atoms with Gasteiger partial charge in [-0.15, -0.1) is 12.6 Å². The van der Waals surface area contributed by atoms with Crippen molar-refractivity contribution < 1.29 is 0 Å². The van der Waals surface area contributed by atoms with Gasteiger partial charge in [-0.25, -0.2) is 0 Å². The van der Waals surface area contributed by atoms with Crippen LogP contribution in [0.5, 0.6) is 0 Å². The summed E-state index contributed by atoms with van der Waals surface area (Å²) in [5, 5.41) is 0. The Morgan fingerprint density at radius 1 is 1.39 bits per heavy atom. The second-order valence-corrected chi connectivity index (χ2v) is 5.97. The van der Waals surface area contributed by atoms with Crippen LogP contribution in [0.25, 0.3) is 0 Å². The molecule has 18 heavy (non-hydrogen) atoms. The van der Waals surface area contributed by atoms with Crippen LogP contribution in [-0.4, -0.2) is 17.1 Å². The van der Waals surface area contributed by atoms with E-state index in [0.717, 1.165) is 23.6 Å². The van der Waals surface area contributed by atoms with Gasteiger partial charge in [0.05, 0.1) is 17.1 Å². The lowest BCUT2D eigenvalue weighted by Gasteiger charge is -2.42. The summed E-state index contributed by atoms with van der Waals surface area (Å²) in [7, 11) is 0. The van der Waals surface area contributed by atoms with Crippen molar-refractivity contribution in [2.75, 3.05) is 11.4 Å². The van der Waals surface area contributed by atoms with Gasteiger partial charge in [0.1, 0.15) is 4.87 Å². The third kappa shape index (κ3) is 2.32. The number of hydrogen-bond donors (Lipinski definition) is 1. The molecule has 1 aliphatic rings. The van der Waals surface area contributed by atoms with E-state index in [1.165, 1.54) is 5.57 Å². The van der Waals surface area contributed by atoms with E-state index in [9.17, 15) is 0 Å². The summed E-state index contributed by atoms with van der Waals surface area (Å²) in [6.07, 6.45) is 2.23. The highest BCUT2D eigenvalue weighted by molar-refractivity contribution is 7.82. The first-order valence-corrected chi connectivity index (χ1v) is 6.66. The first kappa shape index (κ1) is 13.2. The molecular formula is C15H20N2S. The SMILES string of the molecule is CC(C)=CCN1c2ccccc2N=C(C)C1(C)S. The van der Waals surface area contributed by atoms with E-state index in [-0.39, 0.29) is 4.87 Å². The smallest absolute Gasteiger partial charge is 0.119 e. The van der Waals surface area contributed by atoms with Gasteiger partial charge in [-0.1, -0.05) is 23.8 Å². The monoisotopic (exact) mass is 260 g/mol. The van der Waals surface area contributed by atoms with Crippen LogP contribution in [-0.2, 0) is 0 Å². The molecule has 0 saturated carbocycles. The van der Waals surface area contributed by atoms with E-state index in [2.05, 4.69) is 48.9 Å². The van der Waals surface area contributed by atoms with Gasteiger partial charge in [0.15, 0.2) is 0 Å². The van der Waals surface area contributed by atoms with Gasteiger partial charge in [-0.05, 0) is 39.8 Å². The summed E-state index contributed by atoms with van der Waals surface area (Å²) in [5.41, 5.74) is 4.53. The summed E-state index contributed by atoms with van der Waals surface area (Å²) in [4.78, 5) is 6.61. The largest absolute Gasteiger partial charge is 0.347 e. The van der Waals surface area contributed by atoms with Crippen molar-refractivity contribution in [3.63, 3.8) is 0 Å². The molecule has 1 aliphatic heterocycles. The Hall–Kier alpha value is -1.22. The summed E-state index contributed by atoms with van der Waals surface area (Å²) >= 11 is 4.80. The number of rotatable bonds is 2. The number of fused-ring (bicyclic) bond motifs is 1. The number of thiol groups is 1. The molecule has 1 aromatic carbocycles. The molecule has 0 bridgehead atoms. The number of benzene rings is 1. The van der Waals surface area contributed by atoms with Gasteiger partial charge in [-0.3, -0.25) is 4.99 Å². The van der Waals surface area contributed by atoms with E-state index in [1.54, 1.807) is 0 Å². The second kappa shape index (κ2) is 4.81. The minimum absolute atomic E-state index is 0.333. The lowest BCUT2D eigenvalue weighted by atomic mass is 10.1. The van der Waals surface area contributed by atoms with Gasteiger partial charge in [0.25, 0.3) is 0 Å². The van der Waals surface area contributed by atoms with Gasteiger partial charge >= 0.3 is 0 Å². The highest BCUT2D eigenvalue weighted by Crippen LogP contribution is 2.40. The molecule has 3 heteroatoms. The predicted octanol–water partition coefficient (Wildman–Crippen LogP) is 4.21. The minimum atomic E-state index is -0.333. The van der Waals surface area contributed by atoms with Crippen molar-refractivity contribution in [2.24, 2.45) is 4.99 Å². The van der Waals surface area contributed by atoms with Crippen LogP contribution >= 0.6 is 12.6 Å². The number of aliphatic imine (C=N–C) groups is 1. The zero-order valence-electron chi connectivity index (χ0n) is 11.4. The van der Waals surface area contributed by atoms with Crippen molar-refractivity contribution >= 4 is 29.7 Å². The first-order valence-electron chi connectivity index (χ1n) is 6.21. The molecule has 0 saturated heterocycles. The summed E-state index contributed by atoms with van der Waals surface area (Å²) in [6, 6.07) is 8.24. The molecule has 0 radical (unpaired) electrons. The average Bonchev–Trinajstić information content (AvgIpc) is 2.29. The van der Waals surface area contributed by atoms with E-state index in [4.69, 9.17) is 12.6 Å². The molecule has 0 fully saturated rings. The molecule has 1 unspecified atom stereocenters. The number of anilines is 1. The highest BCUT2D eigenvalue weighted by atomic mass is 32.1. The van der Waals surface area contributed by atoms with Crippen LogP contribution in [0.4, 0.5) is 11.4 Å². The molecule has 0 N–H and O–H groups in total. The molecule has 0 amide bonds. The van der Waals surface area contributed by atoms with Crippen LogP contribution in [0.2, 0.25) is 0 Å². The molecule has 1 aromatic rings. The lowest BCUT2D eigenvalue weighted by molar-refractivity contribution is 0.753. The molecule has 0 aromatic heterocycles. The first-order chi connectivity index (χ1) is 8.43. The van der Waals surface area contributed by atoms with Crippen molar-refractivity contribution in [3.8, 4) is 0 Å². The zero-order valence-corrected chi connectivity index (χ0v) is 12.3. The second-order valence-electron chi connectivity index (χ2n) is 5.10. The topological polar surface area (TPSA) is 15.6 Å². The Morgan fingerprint density at radius 3 is 2.72 bits per heavy atom. The maximum absolute atomic E-state index is 4.80. The summed E-state index contributed by atoms with van der Waals surface area (Å²) < 4.78 is 0. The van der Waals surface area contributed by atoms with Crippen molar-refractivity contribution in [2.45, 2.75) is 32.6 Å². The Kier molecular flexibility index (Phi) is 3.53. The Morgan fingerprint density at radius 2 is 2.06 bits per heavy atom. The van der Waals surface area contributed by atoms with E-state index < -0.39 is 0 Å². The molecule has 2 rings (SSSR count). The fraction of sp³-hybridized carbons (Fsp3) is 0.400. The van der Waals surface area contributed by atoms with Crippen LogP contribution in [0.15, 0.2) is 40.9 Å². The van der Waals surface area contributed by atoms with Gasteiger partial charge in [0, 0.05) is 6.54 Å². The van der Waals surface area contributed by atoms with E-state index >= 15 is 0 Å². The quantitative estimate of drug-likeness (QED) is 0.622. The van der Waals surface area contributed by atoms with Crippen LogP contribution in [0.1, 0.15) is 27.7 Å². The van der Waals surface area contributed by atoms with Gasteiger partial charge in [0.2, 0.25) is 0 Å². The Bertz CT molecular complexity index is 511. The molecule has 96 valence electrons. The number of nitrogens with zero attached hydrogens (tertiary/aromatic N) is 2. The predicted molar refractivity (Wildman–Crippen MR) is 83.4 cm³/mol. The Balaban J connectivity index is 2.48. The lowest BCUT2D eigenvalue weighted by Crippen LogP contribution is -2.49. The van der Waals surface area contributed by atoms with Crippen molar-refractivity contribution in [1.82, 2.24) is 0 Å². The van der Waals surface area contributed by atoms with Crippen LogP contribution in [0, 0.1) is 0 Å². The minimum Gasteiger partial charge on any atom is -0.347 e. The molecular weight excluding hydrogens is 240 g/mol. The molecule has 0 aliphatic carbocycles. The average molecular weight is 260 g/mol. The van der Waals surface area contributed by atoms with E-state index in [0.29, 0.717) is 0 Å². The van der Waals surface area contributed by atoms with E-state index in [1.807, 2.05) is 19.1 Å². The maximum Gasteiger partial charge on any atom is 0.119 e. The fourth-order valence-electron chi connectivity index (χ4n) is 2.05. The summed E-state index contributed by atoms with van der Waals surface area (Å²) in [5.74, 6) is 0. The van der Waals surface area contributed by atoms with Gasteiger partial charge in [-0.2, -0.15) is 0 Å². The molecule has 1 heterocycles. The highest BCUT2D eigenvalue weighted by Gasteiger charge is 2.35. The Labute approximate surface area is 115 Å². The fourth-order valence-corrected chi connectivity index (χ4v) is 2.29. The maximum atomic E-state index is 4.80. The third-order valence-electron chi connectivity index (χ3n) is 3.35. The van der Waals surface area contributed by atoms with Gasteiger partial charge < -0.3 is 4.90 Å². The zero-order chi connectivity index (χ0) is 13.3. The standard InChI is InChI=1S/C15H20N2S/c1-11(2)9-10-17-14-8-6-5-7-13(14)16-12(3)15(17,4)18/h5-9,18H,10H2,1-4H3. The van der Waals surface area contributed by atoms with Crippen LogP contribution < -0.4 is 4.90 Å². The van der Waals surface area contributed by atoms with Crippen LogP contribution in [0.3, 0.4) is 0 Å². The normalized spacial score (nSPS) is 22.3. The third-order valence-corrected chi connectivity index (χ3v) is 3.92. The van der Waals surface area contributed by atoms with Crippen molar-refractivity contribution in [3.05, 3.63) is 35.9 Å². The number of allylic oxidation sites excluding steroid dienone is 1. The molecule has 0 spiro atoms.